The molecule has 0 N–H and O–H groups in total. The zero-order valence-electron chi connectivity index (χ0n) is 15.1. The molecule has 5 rings (SSSR count). The van der Waals surface area contributed by atoms with Gasteiger partial charge in [-0.3, -0.25) is 0 Å². The van der Waals surface area contributed by atoms with Crippen molar-refractivity contribution in [2.45, 2.75) is 44.9 Å². The van der Waals surface area contributed by atoms with Crippen molar-refractivity contribution in [1.29, 1.82) is 0 Å². The summed E-state index contributed by atoms with van der Waals surface area (Å²) in [4.78, 5) is 9.64. The number of ether oxygens (including phenoxy) is 1. The first-order valence-corrected chi connectivity index (χ1v) is 8.86. The fraction of sp³-hybridized carbons (Fsp3) is 0.450. The molecule has 128 valence electrons. The van der Waals surface area contributed by atoms with E-state index in [1.54, 1.807) is 7.11 Å². The average Bonchev–Trinajstić information content (AvgIpc) is 3.17. The lowest BCUT2D eigenvalue weighted by Crippen LogP contribution is -2.32. The third-order valence-corrected chi connectivity index (χ3v) is 6.81. The summed E-state index contributed by atoms with van der Waals surface area (Å²) in [6.45, 7) is 7.07. The molecule has 5 nitrogen and oxygen atoms in total. The zero-order valence-corrected chi connectivity index (χ0v) is 15.1. The van der Waals surface area contributed by atoms with Crippen LogP contribution >= 0.6 is 0 Å². The smallest absolute Gasteiger partial charge is 0.251 e. The van der Waals surface area contributed by atoms with E-state index in [0.29, 0.717) is 11.7 Å². The Morgan fingerprint density at radius 1 is 1.12 bits per heavy atom. The molecule has 0 amide bonds. The average molecular weight is 334 g/mol. The molecule has 25 heavy (non-hydrogen) atoms. The molecule has 2 aliphatic rings. The molecule has 2 aromatic heterocycles. The second kappa shape index (κ2) is 4.59. The predicted octanol–water partition coefficient (Wildman–Crippen LogP) is 3.97. The van der Waals surface area contributed by atoms with E-state index in [-0.39, 0.29) is 10.8 Å². The van der Waals surface area contributed by atoms with Crippen LogP contribution in [0.15, 0.2) is 30.5 Å². The van der Waals surface area contributed by atoms with Crippen molar-refractivity contribution in [2.24, 2.45) is 5.41 Å². The Bertz CT molecular complexity index is 989. The Labute approximate surface area is 147 Å². The molecule has 2 bridgehead atoms. The van der Waals surface area contributed by atoms with E-state index in [2.05, 4.69) is 20.8 Å². The summed E-state index contributed by atoms with van der Waals surface area (Å²) in [6.07, 6.45) is 4.37. The van der Waals surface area contributed by atoms with Crippen molar-refractivity contribution in [3.05, 3.63) is 41.9 Å². The van der Waals surface area contributed by atoms with Gasteiger partial charge in [0.2, 0.25) is 0 Å². The molecule has 1 fully saturated rings. The molecule has 0 radical (unpaired) electrons. The number of rotatable bonds is 2. The van der Waals surface area contributed by atoms with Crippen molar-refractivity contribution >= 4 is 5.78 Å². The first-order chi connectivity index (χ1) is 11.9. The first-order valence-electron chi connectivity index (χ1n) is 8.86. The summed E-state index contributed by atoms with van der Waals surface area (Å²) in [7, 11) is 1.67. The molecular weight excluding hydrogens is 312 g/mol. The monoisotopic (exact) mass is 334 g/mol. The quantitative estimate of drug-likeness (QED) is 0.711. The van der Waals surface area contributed by atoms with Gasteiger partial charge in [-0.05, 0) is 42.5 Å². The maximum atomic E-state index is 5.23. The second-order valence-electron chi connectivity index (χ2n) is 8.09. The van der Waals surface area contributed by atoms with Gasteiger partial charge in [-0.1, -0.05) is 20.8 Å². The van der Waals surface area contributed by atoms with Gasteiger partial charge < -0.3 is 4.74 Å². The van der Waals surface area contributed by atoms with Gasteiger partial charge in [0.15, 0.2) is 0 Å². The van der Waals surface area contributed by atoms with Crippen LogP contribution in [0.4, 0.5) is 0 Å². The molecule has 2 heterocycles. The maximum Gasteiger partial charge on any atom is 0.251 e. The molecule has 2 aliphatic carbocycles. The summed E-state index contributed by atoms with van der Waals surface area (Å²) in [5.74, 6) is 2.03. The minimum absolute atomic E-state index is 0.110. The lowest BCUT2D eigenvalue weighted by Gasteiger charge is -2.33. The van der Waals surface area contributed by atoms with Crippen molar-refractivity contribution in [2.75, 3.05) is 7.11 Å². The summed E-state index contributed by atoms with van der Waals surface area (Å²) in [5, 5.41) is 4.95. The minimum atomic E-state index is 0.110. The van der Waals surface area contributed by atoms with Crippen LogP contribution < -0.4 is 4.74 Å². The largest absolute Gasteiger partial charge is 0.497 e. The van der Waals surface area contributed by atoms with Crippen LogP contribution in [0.2, 0.25) is 0 Å². The van der Waals surface area contributed by atoms with Crippen LogP contribution in [0, 0.1) is 5.41 Å². The summed E-state index contributed by atoms with van der Waals surface area (Å²) in [6, 6.07) is 7.93. The van der Waals surface area contributed by atoms with E-state index in [4.69, 9.17) is 19.8 Å². The van der Waals surface area contributed by atoms with Crippen LogP contribution in [0.3, 0.4) is 0 Å². The van der Waals surface area contributed by atoms with Crippen molar-refractivity contribution < 1.29 is 4.74 Å². The van der Waals surface area contributed by atoms with E-state index < -0.39 is 0 Å². The maximum absolute atomic E-state index is 5.23. The topological polar surface area (TPSA) is 52.3 Å². The summed E-state index contributed by atoms with van der Waals surface area (Å²) in [5.41, 5.74) is 4.59. The third-order valence-electron chi connectivity index (χ3n) is 6.81. The van der Waals surface area contributed by atoms with Gasteiger partial charge in [-0.25, -0.2) is 14.5 Å². The van der Waals surface area contributed by atoms with Crippen molar-refractivity contribution in [3.63, 3.8) is 0 Å². The van der Waals surface area contributed by atoms with E-state index >= 15 is 0 Å². The number of benzene rings is 1. The zero-order chi connectivity index (χ0) is 17.4. The van der Waals surface area contributed by atoms with Gasteiger partial charge >= 0.3 is 0 Å². The number of hydrogen-bond donors (Lipinski definition) is 0. The fourth-order valence-corrected chi connectivity index (χ4v) is 4.77. The van der Waals surface area contributed by atoms with Gasteiger partial charge in [-0.2, -0.15) is 5.10 Å². The molecule has 5 heteroatoms. The summed E-state index contributed by atoms with van der Waals surface area (Å²) < 4.78 is 7.08. The lowest BCUT2D eigenvalue weighted by molar-refractivity contribution is 0.226. The standard InChI is InChI=1S/C20H22N4O/c1-19(2)14-9-10-20(19,3)17-16(14)22-18-21-15(11-24(18)23-17)12-5-7-13(25-4)8-6-12/h5-8,11,14H,9-10H2,1-4H3/t14-,20-/m0/s1. The predicted molar refractivity (Wildman–Crippen MR) is 95.9 cm³/mol. The Balaban J connectivity index is 1.64. The van der Waals surface area contributed by atoms with Crippen LogP contribution in [-0.2, 0) is 5.41 Å². The molecule has 0 saturated heterocycles. The third kappa shape index (κ3) is 1.76. The van der Waals surface area contributed by atoms with Crippen molar-refractivity contribution in [1.82, 2.24) is 19.6 Å². The highest BCUT2D eigenvalue weighted by molar-refractivity contribution is 5.62. The minimum Gasteiger partial charge on any atom is -0.497 e. The van der Waals surface area contributed by atoms with Crippen LogP contribution in [-0.4, -0.2) is 26.7 Å². The molecular formula is C20H22N4O. The van der Waals surface area contributed by atoms with Crippen molar-refractivity contribution in [3.8, 4) is 17.0 Å². The molecule has 3 aromatic rings. The lowest BCUT2D eigenvalue weighted by atomic mass is 9.70. The Hall–Kier alpha value is -2.43. The number of methoxy groups -OCH3 is 1. The Morgan fingerprint density at radius 3 is 2.60 bits per heavy atom. The molecule has 0 unspecified atom stereocenters. The van der Waals surface area contributed by atoms with E-state index in [9.17, 15) is 0 Å². The van der Waals surface area contributed by atoms with E-state index in [1.165, 1.54) is 18.5 Å². The van der Waals surface area contributed by atoms with Gasteiger partial charge in [-0.15, -0.1) is 0 Å². The van der Waals surface area contributed by atoms with Gasteiger partial charge in [0.1, 0.15) is 5.75 Å². The normalized spacial score (nSPS) is 26.2. The molecule has 1 aromatic carbocycles. The van der Waals surface area contributed by atoms with Gasteiger partial charge in [0.25, 0.3) is 5.78 Å². The molecule has 0 spiro atoms. The number of fused-ring (bicyclic) bond motifs is 6. The number of aromatic nitrogens is 4. The van der Waals surface area contributed by atoms with Gasteiger partial charge in [0.05, 0.1) is 30.4 Å². The number of nitrogens with zero attached hydrogens (tertiary/aromatic N) is 4. The SMILES string of the molecule is COc1ccc(-c2cn3nc4c(nc3n2)[C@@H]2CC[C@]4(C)C2(C)C)cc1. The summed E-state index contributed by atoms with van der Waals surface area (Å²) >= 11 is 0. The Kier molecular flexibility index (Phi) is 2.73. The second-order valence-corrected chi connectivity index (χ2v) is 8.09. The van der Waals surface area contributed by atoms with E-state index in [0.717, 1.165) is 22.7 Å². The fourth-order valence-electron chi connectivity index (χ4n) is 4.77. The number of hydrogen-bond acceptors (Lipinski definition) is 4. The molecule has 0 aliphatic heterocycles. The molecule has 1 saturated carbocycles. The highest BCUT2D eigenvalue weighted by atomic mass is 16.5. The molecule has 2 atom stereocenters. The number of imidazole rings is 1. The van der Waals surface area contributed by atoms with Crippen LogP contribution in [0.25, 0.3) is 17.0 Å². The Morgan fingerprint density at radius 2 is 1.88 bits per heavy atom. The van der Waals surface area contributed by atoms with E-state index in [1.807, 2.05) is 35.0 Å². The first kappa shape index (κ1) is 14.9. The van der Waals surface area contributed by atoms with Crippen LogP contribution in [0.5, 0.6) is 5.75 Å². The van der Waals surface area contributed by atoms with Gasteiger partial charge in [0, 0.05) is 16.9 Å². The highest BCUT2D eigenvalue weighted by Crippen LogP contribution is 2.66. The van der Waals surface area contributed by atoms with Crippen LogP contribution in [0.1, 0.15) is 50.9 Å². The highest BCUT2D eigenvalue weighted by Gasteiger charge is 2.61.